The van der Waals surface area contributed by atoms with Crippen molar-refractivity contribution < 1.29 is 4.79 Å². The fourth-order valence-corrected chi connectivity index (χ4v) is 1.58. The molecule has 2 rings (SSSR count). The Morgan fingerprint density at radius 1 is 1.43 bits per heavy atom. The van der Waals surface area contributed by atoms with Crippen LogP contribution in [0.5, 0.6) is 0 Å². The number of carbonyl (C=O) groups is 1. The van der Waals surface area contributed by atoms with Crippen LogP contribution in [-0.2, 0) is 4.79 Å². The molecule has 72 valence electrons. The van der Waals surface area contributed by atoms with Crippen molar-refractivity contribution in [2.45, 2.75) is 13.3 Å². The highest BCUT2D eigenvalue weighted by Crippen LogP contribution is 2.28. The van der Waals surface area contributed by atoms with Gasteiger partial charge in [-0.2, -0.15) is 10.1 Å². The zero-order valence-corrected chi connectivity index (χ0v) is 8.45. The molecule has 1 aliphatic rings. The predicted molar refractivity (Wildman–Crippen MR) is 56.7 cm³/mol. The Kier molecular flexibility index (Phi) is 2.25. The minimum Gasteiger partial charge on any atom is -0.272 e. The number of anilines is 1. The minimum atomic E-state index is -0.0319. The first-order chi connectivity index (χ1) is 6.68. The molecule has 0 saturated carbocycles. The Balaban J connectivity index is 2.41. The van der Waals surface area contributed by atoms with Crippen LogP contribution in [0.3, 0.4) is 0 Å². The van der Waals surface area contributed by atoms with E-state index in [1.165, 1.54) is 5.01 Å². The molecule has 0 atom stereocenters. The quantitative estimate of drug-likeness (QED) is 0.698. The van der Waals surface area contributed by atoms with Gasteiger partial charge in [0, 0.05) is 5.71 Å². The highest BCUT2D eigenvalue weighted by molar-refractivity contribution is 6.34. The number of halogens is 1. The van der Waals surface area contributed by atoms with Gasteiger partial charge in [-0.15, -0.1) is 0 Å². The molecule has 0 bridgehead atoms. The Morgan fingerprint density at radius 3 is 2.71 bits per heavy atom. The third-order valence-corrected chi connectivity index (χ3v) is 2.31. The number of carbonyl (C=O) groups excluding carboxylic acids is 1. The second kappa shape index (κ2) is 3.42. The summed E-state index contributed by atoms with van der Waals surface area (Å²) >= 11 is 5.95. The Bertz CT molecular complexity index is 414. The van der Waals surface area contributed by atoms with Gasteiger partial charge < -0.3 is 0 Å². The van der Waals surface area contributed by atoms with Gasteiger partial charge in [0.25, 0.3) is 5.91 Å². The van der Waals surface area contributed by atoms with E-state index in [9.17, 15) is 4.79 Å². The summed E-state index contributed by atoms with van der Waals surface area (Å²) in [5, 5.41) is 6.02. The predicted octanol–water partition coefficient (Wildman–Crippen LogP) is 2.45. The highest BCUT2D eigenvalue weighted by Gasteiger charge is 2.23. The van der Waals surface area contributed by atoms with Gasteiger partial charge in [0.15, 0.2) is 0 Å². The summed E-state index contributed by atoms with van der Waals surface area (Å²) in [7, 11) is 0. The van der Waals surface area contributed by atoms with Crippen LogP contribution in [0.15, 0.2) is 29.4 Å². The van der Waals surface area contributed by atoms with E-state index in [0.29, 0.717) is 17.1 Å². The van der Waals surface area contributed by atoms with E-state index in [0.717, 1.165) is 5.71 Å². The zero-order chi connectivity index (χ0) is 10.1. The first-order valence-electron chi connectivity index (χ1n) is 4.30. The molecule has 0 aliphatic carbocycles. The molecule has 14 heavy (non-hydrogen) atoms. The summed E-state index contributed by atoms with van der Waals surface area (Å²) in [4.78, 5) is 11.5. The van der Waals surface area contributed by atoms with Gasteiger partial charge in [-0.1, -0.05) is 23.7 Å². The van der Waals surface area contributed by atoms with E-state index >= 15 is 0 Å². The number of benzene rings is 1. The van der Waals surface area contributed by atoms with Crippen LogP contribution in [0.4, 0.5) is 5.69 Å². The van der Waals surface area contributed by atoms with Crippen molar-refractivity contribution >= 4 is 28.9 Å². The lowest BCUT2D eigenvalue weighted by Gasteiger charge is -2.12. The van der Waals surface area contributed by atoms with Gasteiger partial charge in [0.1, 0.15) is 0 Å². The lowest BCUT2D eigenvalue weighted by molar-refractivity contribution is -0.116. The van der Waals surface area contributed by atoms with E-state index in [1.54, 1.807) is 12.1 Å². The summed E-state index contributed by atoms with van der Waals surface area (Å²) in [6.45, 7) is 1.83. The standard InChI is InChI=1S/C10H9ClN2O/c1-7-6-10(14)13(12-7)9-5-3-2-4-8(9)11/h2-5H,6H2,1H3. The molecule has 3 nitrogen and oxygen atoms in total. The average molecular weight is 209 g/mol. The fourth-order valence-electron chi connectivity index (χ4n) is 1.37. The molecule has 1 aromatic carbocycles. The van der Waals surface area contributed by atoms with Crippen LogP contribution in [0.2, 0.25) is 5.02 Å². The van der Waals surface area contributed by atoms with Crippen molar-refractivity contribution in [1.82, 2.24) is 0 Å². The smallest absolute Gasteiger partial charge is 0.253 e. The summed E-state index contributed by atoms with van der Waals surface area (Å²) in [6, 6.07) is 7.18. The number of hydrazone groups is 1. The average Bonchev–Trinajstić information content (AvgIpc) is 2.46. The van der Waals surface area contributed by atoms with Crippen molar-refractivity contribution in [2.24, 2.45) is 5.10 Å². The SMILES string of the molecule is CC1=NN(c2ccccc2Cl)C(=O)C1. The second-order valence-corrected chi connectivity index (χ2v) is 3.58. The first kappa shape index (κ1) is 9.21. The molecule has 0 unspecified atom stereocenters. The van der Waals surface area contributed by atoms with Crippen LogP contribution in [-0.4, -0.2) is 11.6 Å². The maximum Gasteiger partial charge on any atom is 0.253 e. The second-order valence-electron chi connectivity index (χ2n) is 3.17. The third-order valence-electron chi connectivity index (χ3n) is 1.99. The monoisotopic (exact) mass is 208 g/mol. The maximum absolute atomic E-state index is 11.5. The van der Waals surface area contributed by atoms with Crippen molar-refractivity contribution in [3.63, 3.8) is 0 Å². The van der Waals surface area contributed by atoms with E-state index in [2.05, 4.69) is 5.10 Å². The molecule has 1 aliphatic heterocycles. The van der Waals surface area contributed by atoms with Gasteiger partial charge in [-0.3, -0.25) is 4.79 Å². The third kappa shape index (κ3) is 1.51. The molecular formula is C10H9ClN2O. The van der Waals surface area contributed by atoms with Crippen molar-refractivity contribution in [2.75, 3.05) is 5.01 Å². The topological polar surface area (TPSA) is 32.7 Å². The van der Waals surface area contributed by atoms with Gasteiger partial charge in [-0.25, -0.2) is 0 Å². The molecule has 0 aromatic heterocycles. The first-order valence-corrected chi connectivity index (χ1v) is 4.68. The lowest BCUT2D eigenvalue weighted by atomic mass is 10.3. The molecular weight excluding hydrogens is 200 g/mol. The van der Waals surface area contributed by atoms with Crippen LogP contribution in [0.25, 0.3) is 0 Å². The number of para-hydroxylation sites is 1. The molecule has 0 radical (unpaired) electrons. The largest absolute Gasteiger partial charge is 0.272 e. The van der Waals surface area contributed by atoms with Crippen LogP contribution in [0.1, 0.15) is 13.3 Å². The van der Waals surface area contributed by atoms with Gasteiger partial charge in [0.05, 0.1) is 17.1 Å². The van der Waals surface area contributed by atoms with E-state index in [4.69, 9.17) is 11.6 Å². The summed E-state index contributed by atoms with van der Waals surface area (Å²) in [5.74, 6) is -0.0319. The Hall–Kier alpha value is -1.35. The van der Waals surface area contributed by atoms with Crippen molar-refractivity contribution in [1.29, 1.82) is 0 Å². The van der Waals surface area contributed by atoms with Crippen LogP contribution < -0.4 is 5.01 Å². The lowest BCUT2D eigenvalue weighted by Crippen LogP contribution is -2.19. The highest BCUT2D eigenvalue weighted by atomic mass is 35.5. The molecule has 1 aromatic rings. The van der Waals surface area contributed by atoms with E-state index in [-0.39, 0.29) is 5.91 Å². The molecule has 4 heteroatoms. The minimum absolute atomic E-state index is 0.0319. The van der Waals surface area contributed by atoms with E-state index < -0.39 is 0 Å². The maximum atomic E-state index is 11.5. The molecule has 1 amide bonds. The molecule has 0 saturated heterocycles. The number of hydrogen-bond donors (Lipinski definition) is 0. The number of hydrogen-bond acceptors (Lipinski definition) is 2. The number of nitrogens with zero attached hydrogens (tertiary/aromatic N) is 2. The van der Waals surface area contributed by atoms with E-state index in [1.807, 2.05) is 19.1 Å². The summed E-state index contributed by atoms with van der Waals surface area (Å²) < 4.78 is 0. The molecule has 0 spiro atoms. The fraction of sp³-hybridized carbons (Fsp3) is 0.200. The van der Waals surface area contributed by atoms with Crippen LogP contribution >= 0.6 is 11.6 Å². The Labute approximate surface area is 87.0 Å². The molecule has 1 heterocycles. The Morgan fingerprint density at radius 2 is 2.14 bits per heavy atom. The normalized spacial score (nSPS) is 16.0. The van der Waals surface area contributed by atoms with Gasteiger partial charge in [0.2, 0.25) is 0 Å². The van der Waals surface area contributed by atoms with Crippen molar-refractivity contribution in [3.05, 3.63) is 29.3 Å². The molecule has 0 fully saturated rings. The van der Waals surface area contributed by atoms with Gasteiger partial charge >= 0.3 is 0 Å². The summed E-state index contributed by atoms with van der Waals surface area (Å²) in [5.41, 5.74) is 1.46. The zero-order valence-electron chi connectivity index (χ0n) is 7.70. The number of rotatable bonds is 1. The van der Waals surface area contributed by atoms with Crippen LogP contribution in [0, 0.1) is 0 Å². The van der Waals surface area contributed by atoms with Crippen molar-refractivity contribution in [3.8, 4) is 0 Å². The van der Waals surface area contributed by atoms with Gasteiger partial charge in [-0.05, 0) is 19.1 Å². The number of amides is 1. The summed E-state index contributed by atoms with van der Waals surface area (Å²) in [6.07, 6.45) is 0.380. The molecule has 0 N–H and O–H groups in total.